The summed E-state index contributed by atoms with van der Waals surface area (Å²) in [4.78, 5) is 25.4. The van der Waals surface area contributed by atoms with Crippen molar-refractivity contribution >= 4 is 11.9 Å². The zero-order valence-corrected chi connectivity index (χ0v) is 11.7. The van der Waals surface area contributed by atoms with Gasteiger partial charge in [-0.2, -0.15) is 0 Å². The number of rotatable bonds is 2. The lowest BCUT2D eigenvalue weighted by Gasteiger charge is -2.33. The Kier molecular flexibility index (Phi) is 2.68. The molecular weight excluding hydrogens is 296 g/mol. The summed E-state index contributed by atoms with van der Waals surface area (Å²) < 4.78 is 32.6. The number of carbonyl (C=O) groups is 2. The number of nitrogens with zero attached hydrogens (tertiary/aromatic N) is 1. The fourth-order valence-corrected chi connectivity index (χ4v) is 4.18. The molecule has 118 valence electrons. The first-order chi connectivity index (χ1) is 10.4. The minimum absolute atomic E-state index is 0.166. The molecule has 2 fully saturated rings. The van der Waals surface area contributed by atoms with Gasteiger partial charge in [0, 0.05) is 30.9 Å². The van der Waals surface area contributed by atoms with E-state index >= 15 is 0 Å². The number of fused-ring (bicyclic) bond motifs is 2. The van der Waals surface area contributed by atoms with Crippen molar-refractivity contribution in [3.63, 3.8) is 0 Å². The van der Waals surface area contributed by atoms with Gasteiger partial charge in [0.15, 0.2) is 6.04 Å². The molecule has 0 aromatic carbocycles. The Labute approximate surface area is 124 Å². The van der Waals surface area contributed by atoms with Gasteiger partial charge in [-0.25, -0.2) is 13.6 Å². The van der Waals surface area contributed by atoms with Crippen LogP contribution >= 0.6 is 0 Å². The van der Waals surface area contributed by atoms with Crippen LogP contribution in [0.15, 0.2) is 16.7 Å². The Morgan fingerprint density at radius 2 is 2.18 bits per heavy atom. The molecule has 1 N–H and O–H groups in total. The summed E-state index contributed by atoms with van der Waals surface area (Å²) in [6.45, 7) is 0.192. The molecule has 4 atom stereocenters. The van der Waals surface area contributed by atoms with Crippen LogP contribution in [0.3, 0.4) is 0 Å². The third-order valence-electron chi connectivity index (χ3n) is 5.24. The van der Waals surface area contributed by atoms with Crippen LogP contribution in [0.25, 0.3) is 0 Å². The molecule has 0 spiro atoms. The number of carboxylic acid groups (broad SMARTS) is 1. The normalized spacial score (nSPS) is 34.9. The minimum atomic E-state index is -2.79. The number of aliphatic carboxylic acids is 1. The highest BCUT2D eigenvalue weighted by Crippen LogP contribution is 2.65. The van der Waals surface area contributed by atoms with E-state index in [2.05, 4.69) is 0 Å². The van der Waals surface area contributed by atoms with Crippen LogP contribution in [0.2, 0.25) is 0 Å². The lowest BCUT2D eigenvalue weighted by Crippen LogP contribution is -2.44. The Balaban J connectivity index is 1.61. The molecule has 4 rings (SSSR count). The van der Waals surface area contributed by atoms with Crippen LogP contribution < -0.4 is 0 Å². The van der Waals surface area contributed by atoms with E-state index in [-0.39, 0.29) is 18.9 Å². The predicted molar refractivity (Wildman–Crippen MR) is 69.2 cm³/mol. The first kappa shape index (κ1) is 13.7. The molecular formula is C15H15F2NO4. The van der Waals surface area contributed by atoms with Crippen molar-refractivity contribution in [2.45, 2.75) is 31.2 Å². The van der Waals surface area contributed by atoms with Crippen molar-refractivity contribution in [1.82, 2.24) is 4.90 Å². The fraction of sp³-hybridized carbons (Fsp3) is 0.600. The smallest absolute Gasteiger partial charge is 0.331 e. The number of furan rings is 1. The summed E-state index contributed by atoms with van der Waals surface area (Å²) in [6, 6.07) is 0.403. The van der Waals surface area contributed by atoms with Crippen LogP contribution in [0.4, 0.5) is 8.78 Å². The number of carboxylic acids is 1. The maximum absolute atomic E-state index is 13.7. The van der Waals surface area contributed by atoms with Gasteiger partial charge in [0.2, 0.25) is 5.91 Å². The third kappa shape index (κ3) is 1.74. The maximum atomic E-state index is 13.7. The summed E-state index contributed by atoms with van der Waals surface area (Å²) in [7, 11) is 0. The van der Waals surface area contributed by atoms with Gasteiger partial charge >= 0.3 is 5.97 Å². The van der Waals surface area contributed by atoms with E-state index in [1.165, 1.54) is 17.2 Å². The molecule has 1 aliphatic heterocycles. The van der Waals surface area contributed by atoms with Gasteiger partial charge in [0.1, 0.15) is 5.76 Å². The molecule has 1 aromatic rings. The van der Waals surface area contributed by atoms with E-state index in [0.717, 1.165) is 0 Å². The first-order valence-electron chi connectivity index (χ1n) is 7.39. The minimum Gasteiger partial charge on any atom is -0.479 e. The molecule has 7 heteroatoms. The quantitative estimate of drug-likeness (QED) is 0.908. The molecule has 5 nitrogen and oxygen atoms in total. The molecule has 0 saturated heterocycles. The van der Waals surface area contributed by atoms with Crippen LogP contribution in [-0.4, -0.2) is 34.4 Å². The highest BCUT2D eigenvalue weighted by Gasteiger charge is 2.70. The van der Waals surface area contributed by atoms with Gasteiger partial charge in [-0.3, -0.25) is 4.79 Å². The Morgan fingerprint density at radius 3 is 2.82 bits per heavy atom. The van der Waals surface area contributed by atoms with Gasteiger partial charge in [0.25, 0.3) is 5.92 Å². The summed E-state index contributed by atoms with van der Waals surface area (Å²) >= 11 is 0. The maximum Gasteiger partial charge on any atom is 0.331 e. The fourth-order valence-electron chi connectivity index (χ4n) is 4.18. The van der Waals surface area contributed by atoms with Gasteiger partial charge < -0.3 is 14.4 Å². The standard InChI is InChI=1S/C15H15F2NO4/c16-15(17)4-1-8-10(11(8)15)13(19)18-5-2-9-7(3-6-22-9)12(18)14(20)21/h3,6,8,10-12H,1-2,4-5H2,(H,20,21)/t8-,10+,11-,12?/m0/s1. The van der Waals surface area contributed by atoms with Crippen molar-refractivity contribution in [1.29, 1.82) is 0 Å². The van der Waals surface area contributed by atoms with E-state index in [9.17, 15) is 23.5 Å². The molecule has 3 aliphatic rings. The van der Waals surface area contributed by atoms with Crippen molar-refractivity contribution in [2.24, 2.45) is 17.8 Å². The second-order valence-electron chi connectivity index (χ2n) is 6.34. The topological polar surface area (TPSA) is 70.8 Å². The largest absolute Gasteiger partial charge is 0.479 e. The highest BCUT2D eigenvalue weighted by atomic mass is 19.3. The van der Waals surface area contributed by atoms with Gasteiger partial charge in [-0.1, -0.05) is 0 Å². The van der Waals surface area contributed by atoms with E-state index in [1.54, 1.807) is 0 Å². The lowest BCUT2D eigenvalue weighted by molar-refractivity contribution is -0.153. The van der Waals surface area contributed by atoms with E-state index in [0.29, 0.717) is 24.2 Å². The number of hydrogen-bond acceptors (Lipinski definition) is 3. The summed E-state index contributed by atoms with van der Waals surface area (Å²) in [5.41, 5.74) is 0.449. The number of carbonyl (C=O) groups excluding carboxylic acids is 1. The summed E-state index contributed by atoms with van der Waals surface area (Å²) in [5.74, 6) is -5.76. The average molecular weight is 311 g/mol. The number of amides is 1. The second kappa shape index (κ2) is 4.30. The van der Waals surface area contributed by atoms with Crippen molar-refractivity contribution in [2.75, 3.05) is 6.54 Å². The molecule has 1 amide bonds. The molecule has 2 heterocycles. The third-order valence-corrected chi connectivity index (χ3v) is 5.24. The monoisotopic (exact) mass is 311 g/mol. The Hall–Kier alpha value is -1.92. The molecule has 1 unspecified atom stereocenters. The number of alkyl halides is 2. The molecule has 22 heavy (non-hydrogen) atoms. The number of hydrogen-bond donors (Lipinski definition) is 1. The molecule has 2 aliphatic carbocycles. The molecule has 0 radical (unpaired) electrons. The zero-order chi connectivity index (χ0) is 15.6. The van der Waals surface area contributed by atoms with Crippen LogP contribution in [0, 0.1) is 17.8 Å². The highest BCUT2D eigenvalue weighted by molar-refractivity contribution is 5.89. The molecule has 0 bridgehead atoms. The average Bonchev–Trinajstić information content (AvgIpc) is 2.86. The van der Waals surface area contributed by atoms with Crippen molar-refractivity contribution in [3.05, 3.63) is 23.7 Å². The van der Waals surface area contributed by atoms with Gasteiger partial charge in [-0.05, 0) is 18.4 Å². The lowest BCUT2D eigenvalue weighted by atomic mass is 9.97. The van der Waals surface area contributed by atoms with Crippen molar-refractivity contribution in [3.8, 4) is 0 Å². The zero-order valence-electron chi connectivity index (χ0n) is 11.7. The van der Waals surface area contributed by atoms with Gasteiger partial charge in [-0.15, -0.1) is 0 Å². The van der Waals surface area contributed by atoms with E-state index in [1.807, 2.05) is 0 Å². The Bertz CT molecular complexity index is 656. The van der Waals surface area contributed by atoms with Crippen molar-refractivity contribution < 1.29 is 27.9 Å². The number of halogens is 2. The Morgan fingerprint density at radius 1 is 1.41 bits per heavy atom. The van der Waals surface area contributed by atoms with Crippen LogP contribution in [0.1, 0.15) is 30.2 Å². The van der Waals surface area contributed by atoms with E-state index < -0.39 is 35.7 Å². The van der Waals surface area contributed by atoms with Gasteiger partial charge in [0.05, 0.1) is 12.2 Å². The molecule has 1 aromatic heterocycles. The summed E-state index contributed by atoms with van der Waals surface area (Å²) in [5, 5.41) is 9.45. The van der Waals surface area contributed by atoms with Crippen LogP contribution in [0.5, 0.6) is 0 Å². The predicted octanol–water partition coefficient (Wildman–Crippen LogP) is 2.08. The van der Waals surface area contributed by atoms with Crippen LogP contribution in [-0.2, 0) is 16.0 Å². The summed E-state index contributed by atoms with van der Waals surface area (Å²) in [6.07, 6.45) is 1.99. The molecule has 2 saturated carbocycles. The second-order valence-corrected chi connectivity index (χ2v) is 6.34. The van der Waals surface area contributed by atoms with E-state index in [4.69, 9.17) is 4.42 Å². The first-order valence-corrected chi connectivity index (χ1v) is 7.39. The SMILES string of the molecule is O=C(O)C1c2ccoc2CCN1C(=O)[C@@H]1[C@@H]2CCC(F)(F)[C@@H]21.